The molecule has 3 aliphatic rings. The summed E-state index contributed by atoms with van der Waals surface area (Å²) in [6, 6.07) is 10.5. The maximum atomic E-state index is 4.01. The first-order chi connectivity index (χ1) is 9.90. The molecule has 1 N–H and O–H groups in total. The number of benzene rings is 1. The van der Waals surface area contributed by atoms with Crippen LogP contribution in [0.4, 0.5) is 0 Å². The predicted octanol–water partition coefficient (Wildman–Crippen LogP) is 4.62. The van der Waals surface area contributed by atoms with Crippen LogP contribution in [0, 0.1) is 11.8 Å². The SMILES string of the molecule is c1ccc2c(c1)CCC2NC1CCC2CCCCC2C1. The Hall–Kier alpha value is -0.820. The van der Waals surface area contributed by atoms with Crippen LogP contribution in [-0.4, -0.2) is 6.04 Å². The van der Waals surface area contributed by atoms with E-state index in [1.54, 1.807) is 11.1 Å². The van der Waals surface area contributed by atoms with Gasteiger partial charge in [0.15, 0.2) is 0 Å². The van der Waals surface area contributed by atoms with Gasteiger partial charge in [0.1, 0.15) is 0 Å². The van der Waals surface area contributed by atoms with Gasteiger partial charge < -0.3 is 5.32 Å². The Labute approximate surface area is 123 Å². The Balaban J connectivity index is 1.41. The molecule has 0 aliphatic heterocycles. The highest BCUT2D eigenvalue weighted by atomic mass is 15.0. The number of hydrogen-bond acceptors (Lipinski definition) is 1. The maximum absolute atomic E-state index is 4.01. The normalized spacial score (nSPS) is 36.4. The van der Waals surface area contributed by atoms with Gasteiger partial charge in [-0.2, -0.15) is 0 Å². The molecule has 0 spiro atoms. The van der Waals surface area contributed by atoms with E-state index in [4.69, 9.17) is 0 Å². The average Bonchev–Trinajstić information content (AvgIpc) is 2.91. The molecular weight excluding hydrogens is 242 g/mol. The minimum atomic E-state index is 0.636. The van der Waals surface area contributed by atoms with E-state index in [9.17, 15) is 0 Å². The van der Waals surface area contributed by atoms with Crippen molar-refractivity contribution in [1.82, 2.24) is 5.32 Å². The van der Waals surface area contributed by atoms with Crippen LogP contribution in [0.5, 0.6) is 0 Å². The molecule has 20 heavy (non-hydrogen) atoms. The molecule has 1 aromatic carbocycles. The van der Waals surface area contributed by atoms with E-state index in [0.717, 1.165) is 17.9 Å². The second-order valence-corrected chi connectivity index (χ2v) is 7.27. The van der Waals surface area contributed by atoms with Gasteiger partial charge in [-0.3, -0.25) is 0 Å². The lowest BCUT2D eigenvalue weighted by Gasteiger charge is -2.40. The highest BCUT2D eigenvalue weighted by Gasteiger charge is 2.33. The molecule has 2 saturated carbocycles. The molecule has 4 unspecified atom stereocenters. The number of aryl methyl sites for hydroxylation is 1. The summed E-state index contributed by atoms with van der Waals surface area (Å²) in [5.74, 6) is 2.10. The molecule has 0 heterocycles. The monoisotopic (exact) mass is 269 g/mol. The standard InChI is InChI=1S/C19H27N/c1-2-7-16-13-17(11-9-14(16)5-1)20-19-12-10-15-6-3-4-8-18(15)19/h3-4,6,8,14,16-17,19-20H,1-2,5,7,9-13H2. The van der Waals surface area contributed by atoms with Gasteiger partial charge in [-0.1, -0.05) is 49.9 Å². The molecule has 1 nitrogen and oxygen atoms in total. The van der Waals surface area contributed by atoms with E-state index >= 15 is 0 Å². The van der Waals surface area contributed by atoms with E-state index in [1.165, 1.54) is 57.8 Å². The molecule has 0 bridgehead atoms. The summed E-state index contributed by atoms with van der Waals surface area (Å²) in [4.78, 5) is 0. The number of nitrogens with one attached hydrogen (secondary N) is 1. The first-order valence-corrected chi connectivity index (χ1v) is 8.74. The molecule has 4 rings (SSSR count). The Morgan fingerprint density at radius 3 is 2.65 bits per heavy atom. The molecule has 0 radical (unpaired) electrons. The lowest BCUT2D eigenvalue weighted by atomic mass is 9.69. The van der Waals surface area contributed by atoms with Crippen LogP contribution in [0.2, 0.25) is 0 Å². The van der Waals surface area contributed by atoms with Crippen molar-refractivity contribution in [3.05, 3.63) is 35.4 Å². The molecule has 1 heteroatoms. The van der Waals surface area contributed by atoms with Crippen LogP contribution < -0.4 is 5.32 Å². The van der Waals surface area contributed by atoms with Crippen molar-refractivity contribution < 1.29 is 0 Å². The van der Waals surface area contributed by atoms with Crippen LogP contribution in [0.15, 0.2) is 24.3 Å². The van der Waals surface area contributed by atoms with Crippen LogP contribution >= 0.6 is 0 Å². The topological polar surface area (TPSA) is 12.0 Å². The molecule has 108 valence electrons. The third-order valence-electron chi connectivity index (χ3n) is 6.11. The first-order valence-electron chi connectivity index (χ1n) is 8.74. The van der Waals surface area contributed by atoms with Crippen molar-refractivity contribution in [2.24, 2.45) is 11.8 Å². The average molecular weight is 269 g/mol. The van der Waals surface area contributed by atoms with Crippen LogP contribution in [-0.2, 0) is 6.42 Å². The fourth-order valence-corrected chi connectivity index (χ4v) is 5.04. The summed E-state index contributed by atoms with van der Waals surface area (Å²) in [5, 5.41) is 4.01. The lowest BCUT2D eigenvalue weighted by Crippen LogP contribution is -2.40. The van der Waals surface area contributed by atoms with Crippen LogP contribution in [0.1, 0.15) is 68.5 Å². The van der Waals surface area contributed by atoms with E-state index in [1.807, 2.05) is 0 Å². The summed E-state index contributed by atoms with van der Waals surface area (Å²) in [7, 11) is 0. The largest absolute Gasteiger partial charge is 0.307 e. The minimum absolute atomic E-state index is 0.636. The van der Waals surface area contributed by atoms with Crippen LogP contribution in [0.3, 0.4) is 0 Å². The van der Waals surface area contributed by atoms with Gasteiger partial charge in [0.05, 0.1) is 0 Å². The molecule has 0 saturated heterocycles. The predicted molar refractivity (Wildman–Crippen MR) is 83.7 cm³/mol. The summed E-state index contributed by atoms with van der Waals surface area (Å²) < 4.78 is 0. The zero-order valence-corrected chi connectivity index (χ0v) is 12.5. The molecule has 2 fully saturated rings. The van der Waals surface area contributed by atoms with Gasteiger partial charge in [0, 0.05) is 12.1 Å². The summed E-state index contributed by atoms with van der Waals surface area (Å²) >= 11 is 0. The highest BCUT2D eigenvalue weighted by molar-refractivity contribution is 5.34. The van der Waals surface area contributed by atoms with Crippen molar-refractivity contribution >= 4 is 0 Å². The second kappa shape index (κ2) is 5.52. The summed E-state index contributed by atoms with van der Waals surface area (Å²) in [6.07, 6.45) is 12.9. The highest BCUT2D eigenvalue weighted by Crippen LogP contribution is 2.41. The van der Waals surface area contributed by atoms with Gasteiger partial charge in [0.25, 0.3) is 0 Å². The molecule has 4 atom stereocenters. The van der Waals surface area contributed by atoms with E-state index in [0.29, 0.717) is 6.04 Å². The van der Waals surface area contributed by atoms with Gasteiger partial charge in [-0.25, -0.2) is 0 Å². The lowest BCUT2D eigenvalue weighted by molar-refractivity contribution is 0.138. The van der Waals surface area contributed by atoms with Crippen LogP contribution in [0.25, 0.3) is 0 Å². The molecule has 1 aromatic rings. The molecule has 0 aromatic heterocycles. The summed E-state index contributed by atoms with van der Waals surface area (Å²) in [5.41, 5.74) is 3.16. The number of fused-ring (bicyclic) bond motifs is 2. The van der Waals surface area contributed by atoms with E-state index in [2.05, 4.69) is 29.6 Å². The maximum Gasteiger partial charge on any atom is 0.0328 e. The number of rotatable bonds is 2. The number of hydrogen-bond donors (Lipinski definition) is 1. The minimum Gasteiger partial charge on any atom is -0.307 e. The first kappa shape index (κ1) is 12.9. The van der Waals surface area contributed by atoms with Gasteiger partial charge in [-0.15, -0.1) is 0 Å². The smallest absolute Gasteiger partial charge is 0.0328 e. The summed E-state index contributed by atoms with van der Waals surface area (Å²) in [6.45, 7) is 0. The van der Waals surface area contributed by atoms with Gasteiger partial charge in [0.2, 0.25) is 0 Å². The molecule has 3 aliphatic carbocycles. The fourth-order valence-electron chi connectivity index (χ4n) is 5.04. The van der Waals surface area contributed by atoms with E-state index in [-0.39, 0.29) is 0 Å². The quantitative estimate of drug-likeness (QED) is 0.826. The van der Waals surface area contributed by atoms with Crippen molar-refractivity contribution in [1.29, 1.82) is 0 Å². The zero-order chi connectivity index (χ0) is 13.4. The second-order valence-electron chi connectivity index (χ2n) is 7.27. The Morgan fingerprint density at radius 1 is 0.850 bits per heavy atom. The van der Waals surface area contributed by atoms with Gasteiger partial charge in [-0.05, 0) is 55.1 Å². The fraction of sp³-hybridized carbons (Fsp3) is 0.684. The Kier molecular flexibility index (Phi) is 3.56. The van der Waals surface area contributed by atoms with Crippen molar-refractivity contribution in [3.8, 4) is 0 Å². The van der Waals surface area contributed by atoms with Crippen molar-refractivity contribution in [2.75, 3.05) is 0 Å². The van der Waals surface area contributed by atoms with Crippen molar-refractivity contribution in [3.63, 3.8) is 0 Å². The van der Waals surface area contributed by atoms with Crippen molar-refractivity contribution in [2.45, 2.75) is 69.9 Å². The van der Waals surface area contributed by atoms with E-state index < -0.39 is 0 Å². The molecule has 0 amide bonds. The Morgan fingerprint density at radius 2 is 1.70 bits per heavy atom. The third kappa shape index (κ3) is 2.41. The Bertz CT molecular complexity index is 467. The third-order valence-corrected chi connectivity index (χ3v) is 6.11. The van der Waals surface area contributed by atoms with Gasteiger partial charge >= 0.3 is 0 Å². The molecular formula is C19H27N. The zero-order valence-electron chi connectivity index (χ0n) is 12.5.